The van der Waals surface area contributed by atoms with Crippen LogP contribution in [0.3, 0.4) is 0 Å². The lowest BCUT2D eigenvalue weighted by molar-refractivity contribution is -0.139. The molecule has 0 aromatic rings. The lowest BCUT2D eigenvalue weighted by Crippen LogP contribution is -2.29. The van der Waals surface area contributed by atoms with Gasteiger partial charge in [-0.05, 0) is 0 Å². The summed E-state index contributed by atoms with van der Waals surface area (Å²) in [5.74, 6) is -0.628. The van der Waals surface area contributed by atoms with Gasteiger partial charge < -0.3 is 9.47 Å². The number of hydrogen-bond donors (Lipinski definition) is 0. The van der Waals surface area contributed by atoms with Gasteiger partial charge in [0.15, 0.2) is 6.04 Å². The molecule has 1 rings (SSSR count). The van der Waals surface area contributed by atoms with Crippen LogP contribution in [0.15, 0.2) is 23.0 Å². The Bertz CT molecular complexity index is 294. The van der Waals surface area contributed by atoms with Crippen LogP contribution in [0.4, 0.5) is 0 Å². The third kappa shape index (κ3) is 3.20. The highest BCUT2D eigenvalue weighted by Crippen LogP contribution is 2.21. The van der Waals surface area contributed by atoms with Gasteiger partial charge in [-0.2, -0.15) is 9.81 Å². The molecule has 0 amide bonds. The van der Waals surface area contributed by atoms with Crippen molar-refractivity contribution in [3.63, 3.8) is 0 Å². The lowest BCUT2D eigenvalue weighted by Gasteiger charge is -2.14. The fourth-order valence-electron chi connectivity index (χ4n) is 1.41. The highest BCUT2D eigenvalue weighted by atomic mass is 16.5. The fourth-order valence-corrected chi connectivity index (χ4v) is 1.41. The molecule has 1 saturated heterocycles. The standard InChI is InChI=1S/C9H12N2O5/c1-2-9(12)16-5-7(11-14)8-3-6(10-13)4-15-8/h2,6-8H,1,3-5H2. The summed E-state index contributed by atoms with van der Waals surface area (Å²) in [6, 6.07) is -1.26. The van der Waals surface area contributed by atoms with Gasteiger partial charge in [0.2, 0.25) is 0 Å². The molecule has 1 aliphatic rings. The first-order valence-corrected chi connectivity index (χ1v) is 4.77. The molecule has 1 fully saturated rings. The van der Waals surface area contributed by atoms with E-state index in [9.17, 15) is 14.6 Å². The van der Waals surface area contributed by atoms with Crippen molar-refractivity contribution in [2.45, 2.75) is 24.6 Å². The molecular formula is C9H12N2O5. The first-order chi connectivity index (χ1) is 7.71. The van der Waals surface area contributed by atoms with Gasteiger partial charge >= 0.3 is 5.97 Å². The molecule has 0 saturated carbocycles. The highest BCUT2D eigenvalue weighted by Gasteiger charge is 2.34. The zero-order chi connectivity index (χ0) is 12.0. The van der Waals surface area contributed by atoms with Crippen LogP contribution >= 0.6 is 0 Å². The molecule has 0 aliphatic carbocycles. The molecule has 1 aliphatic heterocycles. The Balaban J connectivity index is 2.42. The maximum Gasteiger partial charge on any atom is 0.330 e. The lowest BCUT2D eigenvalue weighted by atomic mass is 10.1. The zero-order valence-corrected chi connectivity index (χ0v) is 8.57. The molecular weight excluding hydrogens is 216 g/mol. The monoisotopic (exact) mass is 228 g/mol. The number of esters is 1. The van der Waals surface area contributed by atoms with E-state index in [-0.39, 0.29) is 13.2 Å². The van der Waals surface area contributed by atoms with Gasteiger partial charge in [0.05, 0.1) is 12.7 Å². The minimum absolute atomic E-state index is 0.176. The summed E-state index contributed by atoms with van der Waals surface area (Å²) >= 11 is 0. The van der Waals surface area contributed by atoms with Crippen LogP contribution in [0.1, 0.15) is 6.42 Å². The summed E-state index contributed by atoms with van der Waals surface area (Å²) in [7, 11) is 0. The van der Waals surface area contributed by atoms with E-state index in [2.05, 4.69) is 21.7 Å². The van der Waals surface area contributed by atoms with Crippen LogP contribution in [0.2, 0.25) is 0 Å². The maximum atomic E-state index is 10.8. The van der Waals surface area contributed by atoms with Crippen molar-refractivity contribution < 1.29 is 14.3 Å². The van der Waals surface area contributed by atoms with Gasteiger partial charge in [-0.3, -0.25) is 0 Å². The number of ether oxygens (including phenoxy) is 2. The van der Waals surface area contributed by atoms with E-state index in [4.69, 9.17) is 4.74 Å². The topological polar surface area (TPSA) is 94.4 Å². The van der Waals surface area contributed by atoms with Crippen molar-refractivity contribution in [1.29, 1.82) is 0 Å². The Kier molecular flexibility index (Phi) is 4.71. The summed E-state index contributed by atoms with van der Waals surface area (Å²) in [5, 5.41) is 5.64. The summed E-state index contributed by atoms with van der Waals surface area (Å²) in [6.07, 6.45) is 0.802. The maximum absolute atomic E-state index is 10.8. The number of hydrogen-bond acceptors (Lipinski definition) is 7. The Labute approximate surface area is 91.7 Å². The Morgan fingerprint density at radius 1 is 1.62 bits per heavy atom. The van der Waals surface area contributed by atoms with Crippen LogP contribution in [-0.4, -0.2) is 37.4 Å². The smallest absolute Gasteiger partial charge is 0.330 e. The van der Waals surface area contributed by atoms with E-state index < -0.39 is 24.2 Å². The van der Waals surface area contributed by atoms with E-state index in [1.54, 1.807) is 0 Å². The van der Waals surface area contributed by atoms with E-state index in [1.165, 1.54) is 0 Å². The molecule has 0 aromatic heterocycles. The Morgan fingerprint density at radius 3 is 2.88 bits per heavy atom. The van der Waals surface area contributed by atoms with Crippen LogP contribution in [-0.2, 0) is 14.3 Å². The molecule has 16 heavy (non-hydrogen) atoms. The number of carbonyl (C=O) groups excluding carboxylic acids is 1. The second-order valence-corrected chi connectivity index (χ2v) is 3.37. The van der Waals surface area contributed by atoms with Crippen molar-refractivity contribution in [2.75, 3.05) is 13.2 Å². The van der Waals surface area contributed by atoms with Crippen LogP contribution in [0.25, 0.3) is 0 Å². The number of rotatable bonds is 6. The SMILES string of the molecule is C=CC(=O)OCC(N=O)C1CC(N=O)CO1. The van der Waals surface area contributed by atoms with Crippen molar-refractivity contribution in [3.8, 4) is 0 Å². The van der Waals surface area contributed by atoms with Gasteiger partial charge in [0, 0.05) is 12.5 Å². The quantitative estimate of drug-likeness (QED) is 0.380. The normalized spacial score (nSPS) is 25.8. The first kappa shape index (κ1) is 12.4. The largest absolute Gasteiger partial charge is 0.460 e. The zero-order valence-electron chi connectivity index (χ0n) is 8.57. The number of nitroso groups, excluding NO2 is 2. The molecule has 1 heterocycles. The predicted molar refractivity (Wildman–Crippen MR) is 54.7 cm³/mol. The predicted octanol–water partition coefficient (Wildman–Crippen LogP) is 0.774. The average molecular weight is 228 g/mol. The molecule has 88 valence electrons. The van der Waals surface area contributed by atoms with E-state index in [1.807, 2.05) is 0 Å². The third-order valence-corrected chi connectivity index (χ3v) is 2.28. The molecule has 3 unspecified atom stereocenters. The van der Waals surface area contributed by atoms with E-state index in [0.29, 0.717) is 6.42 Å². The van der Waals surface area contributed by atoms with E-state index >= 15 is 0 Å². The molecule has 3 atom stereocenters. The first-order valence-electron chi connectivity index (χ1n) is 4.77. The average Bonchev–Trinajstić information content (AvgIpc) is 2.78. The summed E-state index contributed by atoms with van der Waals surface area (Å²) < 4.78 is 9.86. The molecule has 0 spiro atoms. The third-order valence-electron chi connectivity index (χ3n) is 2.28. The minimum atomic E-state index is -0.810. The van der Waals surface area contributed by atoms with Gasteiger partial charge in [0.1, 0.15) is 12.6 Å². The summed E-state index contributed by atoms with van der Waals surface area (Å²) in [4.78, 5) is 31.5. The van der Waals surface area contributed by atoms with Crippen molar-refractivity contribution >= 4 is 5.97 Å². The van der Waals surface area contributed by atoms with E-state index in [0.717, 1.165) is 6.08 Å². The number of carbonyl (C=O) groups is 1. The summed E-state index contributed by atoms with van der Waals surface area (Å²) in [6.45, 7) is 3.22. The van der Waals surface area contributed by atoms with Gasteiger partial charge in [-0.1, -0.05) is 16.9 Å². The summed E-state index contributed by atoms with van der Waals surface area (Å²) in [5.41, 5.74) is 0. The van der Waals surface area contributed by atoms with Gasteiger partial charge in [-0.15, -0.1) is 0 Å². The minimum Gasteiger partial charge on any atom is -0.460 e. The van der Waals surface area contributed by atoms with Crippen molar-refractivity contribution in [1.82, 2.24) is 0 Å². The molecule has 0 aromatic carbocycles. The van der Waals surface area contributed by atoms with Crippen LogP contribution in [0.5, 0.6) is 0 Å². The molecule has 0 bridgehead atoms. The molecule has 7 nitrogen and oxygen atoms in total. The highest BCUT2D eigenvalue weighted by molar-refractivity contribution is 5.81. The second-order valence-electron chi connectivity index (χ2n) is 3.37. The van der Waals surface area contributed by atoms with Crippen molar-refractivity contribution in [2.24, 2.45) is 10.4 Å². The molecule has 7 heteroatoms. The van der Waals surface area contributed by atoms with Gasteiger partial charge in [-0.25, -0.2) is 4.79 Å². The molecule has 0 N–H and O–H groups in total. The second kappa shape index (κ2) is 6.06. The van der Waals surface area contributed by atoms with Crippen LogP contribution < -0.4 is 0 Å². The van der Waals surface area contributed by atoms with Gasteiger partial charge in [0.25, 0.3) is 0 Å². The fraction of sp³-hybridized carbons (Fsp3) is 0.667. The van der Waals surface area contributed by atoms with Crippen LogP contribution in [0, 0.1) is 9.81 Å². The number of nitrogens with zero attached hydrogens (tertiary/aromatic N) is 2. The van der Waals surface area contributed by atoms with Crippen molar-refractivity contribution in [3.05, 3.63) is 22.5 Å². The molecule has 0 radical (unpaired) electrons. The Morgan fingerprint density at radius 2 is 2.38 bits per heavy atom. The Hall–Kier alpha value is -1.63.